The van der Waals surface area contributed by atoms with Crippen molar-refractivity contribution in [3.05, 3.63) is 40.5 Å². The molecule has 2 aromatic heterocycles. The molecule has 2 aromatic rings. The number of rotatable bonds is 6. The number of aromatic nitrogens is 2. The third-order valence-corrected chi connectivity index (χ3v) is 4.59. The Balaban J connectivity index is 1.70. The van der Waals surface area contributed by atoms with Gasteiger partial charge in [-0.1, -0.05) is 19.8 Å². The third kappa shape index (κ3) is 3.58. The normalized spacial score (nSPS) is 17.4. The van der Waals surface area contributed by atoms with Crippen LogP contribution in [0.25, 0.3) is 0 Å². The first kappa shape index (κ1) is 14.9. The van der Waals surface area contributed by atoms with Crippen LogP contribution in [0.1, 0.15) is 56.1 Å². The van der Waals surface area contributed by atoms with Gasteiger partial charge >= 0.3 is 0 Å². The summed E-state index contributed by atoms with van der Waals surface area (Å²) >= 11 is 3.37. The highest BCUT2D eigenvalue weighted by Gasteiger charge is 2.20. The quantitative estimate of drug-likeness (QED) is 0.845. The van der Waals surface area contributed by atoms with Crippen LogP contribution in [0.4, 0.5) is 0 Å². The summed E-state index contributed by atoms with van der Waals surface area (Å²) in [5.41, 5.74) is 1.13. The standard InChI is InChI=1S/C16H22BrN3O/c1-2-18-14(15-7-8-16(17)21-15)11-12-9-10-20(19-12)13-5-3-4-6-13/h7-10,13-14,18H,2-6,11H2,1H3. The number of halogens is 1. The minimum absolute atomic E-state index is 0.174. The fourth-order valence-electron chi connectivity index (χ4n) is 3.10. The Morgan fingerprint density at radius 1 is 1.38 bits per heavy atom. The second-order valence-electron chi connectivity index (χ2n) is 5.68. The van der Waals surface area contributed by atoms with Crippen LogP contribution >= 0.6 is 15.9 Å². The van der Waals surface area contributed by atoms with Crippen LogP contribution in [0.5, 0.6) is 0 Å². The predicted molar refractivity (Wildman–Crippen MR) is 86.3 cm³/mol. The Morgan fingerprint density at radius 3 is 2.86 bits per heavy atom. The number of likely N-dealkylation sites (N-methyl/N-ethyl adjacent to an activating group) is 1. The summed E-state index contributed by atoms with van der Waals surface area (Å²) in [5, 5.41) is 8.25. The van der Waals surface area contributed by atoms with Crippen molar-refractivity contribution in [3.8, 4) is 0 Å². The Labute approximate surface area is 134 Å². The van der Waals surface area contributed by atoms with Crippen LogP contribution in [0.2, 0.25) is 0 Å². The summed E-state index contributed by atoms with van der Waals surface area (Å²) in [7, 11) is 0. The molecule has 0 radical (unpaired) electrons. The van der Waals surface area contributed by atoms with E-state index in [9.17, 15) is 0 Å². The molecule has 1 aliphatic rings. The maximum absolute atomic E-state index is 5.70. The van der Waals surface area contributed by atoms with Gasteiger partial charge in [-0.3, -0.25) is 4.68 Å². The van der Waals surface area contributed by atoms with Gasteiger partial charge in [-0.2, -0.15) is 5.10 Å². The Kier molecular flexibility index (Phi) is 4.80. The van der Waals surface area contributed by atoms with Gasteiger partial charge in [-0.15, -0.1) is 0 Å². The van der Waals surface area contributed by atoms with E-state index in [0.717, 1.165) is 29.1 Å². The van der Waals surface area contributed by atoms with Gasteiger partial charge in [0.15, 0.2) is 4.67 Å². The summed E-state index contributed by atoms with van der Waals surface area (Å²) in [4.78, 5) is 0. The highest BCUT2D eigenvalue weighted by Crippen LogP contribution is 2.29. The molecule has 0 bridgehead atoms. The molecule has 1 N–H and O–H groups in total. The lowest BCUT2D eigenvalue weighted by Crippen LogP contribution is -2.22. The summed E-state index contributed by atoms with van der Waals surface area (Å²) in [6, 6.07) is 6.88. The van der Waals surface area contributed by atoms with Crippen molar-refractivity contribution in [1.82, 2.24) is 15.1 Å². The monoisotopic (exact) mass is 351 g/mol. The van der Waals surface area contributed by atoms with E-state index in [1.807, 2.05) is 12.1 Å². The second-order valence-corrected chi connectivity index (χ2v) is 6.46. The van der Waals surface area contributed by atoms with Crippen LogP contribution in [-0.4, -0.2) is 16.3 Å². The molecular weight excluding hydrogens is 330 g/mol. The van der Waals surface area contributed by atoms with E-state index in [-0.39, 0.29) is 6.04 Å². The molecule has 0 spiro atoms. The molecule has 0 aliphatic heterocycles. The zero-order valence-electron chi connectivity index (χ0n) is 12.4. The first-order chi connectivity index (χ1) is 10.3. The fourth-order valence-corrected chi connectivity index (χ4v) is 3.42. The number of hydrogen-bond acceptors (Lipinski definition) is 3. The number of nitrogens with one attached hydrogen (secondary N) is 1. The molecule has 4 nitrogen and oxygen atoms in total. The summed E-state index contributed by atoms with van der Waals surface area (Å²) in [5.74, 6) is 0.958. The fraction of sp³-hybridized carbons (Fsp3) is 0.562. The molecule has 3 rings (SSSR count). The van der Waals surface area contributed by atoms with Crippen LogP contribution in [0, 0.1) is 0 Å². The molecule has 1 atom stereocenters. The van der Waals surface area contributed by atoms with Crippen molar-refractivity contribution in [2.45, 2.75) is 51.1 Å². The lowest BCUT2D eigenvalue weighted by atomic mass is 10.1. The van der Waals surface area contributed by atoms with E-state index in [0.29, 0.717) is 6.04 Å². The van der Waals surface area contributed by atoms with Crippen molar-refractivity contribution in [1.29, 1.82) is 0 Å². The zero-order chi connectivity index (χ0) is 14.7. The molecule has 1 fully saturated rings. The van der Waals surface area contributed by atoms with Crippen molar-refractivity contribution < 1.29 is 4.42 Å². The molecule has 1 unspecified atom stereocenters. The molecule has 5 heteroatoms. The number of hydrogen-bond donors (Lipinski definition) is 1. The van der Waals surface area contributed by atoms with Gasteiger partial charge in [0.25, 0.3) is 0 Å². The van der Waals surface area contributed by atoms with Gasteiger partial charge in [0, 0.05) is 12.6 Å². The van der Waals surface area contributed by atoms with Crippen LogP contribution in [0.15, 0.2) is 33.5 Å². The van der Waals surface area contributed by atoms with E-state index < -0.39 is 0 Å². The summed E-state index contributed by atoms with van der Waals surface area (Å²) in [6.45, 7) is 3.02. The Morgan fingerprint density at radius 2 is 2.19 bits per heavy atom. The van der Waals surface area contributed by atoms with E-state index in [4.69, 9.17) is 9.52 Å². The highest BCUT2D eigenvalue weighted by molar-refractivity contribution is 9.10. The van der Waals surface area contributed by atoms with Gasteiger partial charge in [0.2, 0.25) is 0 Å². The summed E-state index contributed by atoms with van der Waals surface area (Å²) < 4.78 is 8.63. The SMILES string of the molecule is CCNC(Cc1ccn(C2CCCC2)n1)c1ccc(Br)o1. The smallest absolute Gasteiger partial charge is 0.169 e. The Bertz CT molecular complexity index is 572. The molecule has 0 amide bonds. The van der Waals surface area contributed by atoms with Gasteiger partial charge in [0.05, 0.1) is 17.8 Å². The van der Waals surface area contributed by atoms with Crippen LogP contribution in [-0.2, 0) is 6.42 Å². The molecule has 2 heterocycles. The molecule has 0 aromatic carbocycles. The number of furan rings is 1. The zero-order valence-corrected chi connectivity index (χ0v) is 14.0. The lowest BCUT2D eigenvalue weighted by molar-refractivity contribution is 0.399. The van der Waals surface area contributed by atoms with Gasteiger partial charge < -0.3 is 9.73 Å². The van der Waals surface area contributed by atoms with E-state index in [1.54, 1.807) is 0 Å². The average Bonchev–Trinajstić information content (AvgIpc) is 3.18. The van der Waals surface area contributed by atoms with Crippen LogP contribution < -0.4 is 5.32 Å². The minimum Gasteiger partial charge on any atom is -0.453 e. The second kappa shape index (κ2) is 6.79. The maximum Gasteiger partial charge on any atom is 0.169 e. The van der Waals surface area contributed by atoms with Gasteiger partial charge in [-0.25, -0.2) is 0 Å². The molecule has 21 heavy (non-hydrogen) atoms. The van der Waals surface area contributed by atoms with Crippen molar-refractivity contribution in [2.24, 2.45) is 0 Å². The minimum atomic E-state index is 0.174. The lowest BCUT2D eigenvalue weighted by Gasteiger charge is -2.14. The van der Waals surface area contributed by atoms with Crippen LogP contribution in [0.3, 0.4) is 0 Å². The van der Waals surface area contributed by atoms with E-state index in [2.05, 4.69) is 45.1 Å². The molecular formula is C16H22BrN3O. The summed E-state index contributed by atoms with van der Waals surface area (Å²) in [6.07, 6.45) is 8.19. The first-order valence-corrected chi connectivity index (χ1v) is 8.58. The average molecular weight is 352 g/mol. The maximum atomic E-state index is 5.70. The topological polar surface area (TPSA) is 43.0 Å². The molecule has 1 saturated carbocycles. The predicted octanol–water partition coefficient (Wildman–Crippen LogP) is 4.25. The molecule has 1 aliphatic carbocycles. The van der Waals surface area contributed by atoms with Crippen molar-refractivity contribution in [2.75, 3.05) is 6.54 Å². The van der Waals surface area contributed by atoms with Crippen molar-refractivity contribution in [3.63, 3.8) is 0 Å². The number of nitrogens with zero attached hydrogens (tertiary/aromatic N) is 2. The Hall–Kier alpha value is -1.07. The van der Waals surface area contributed by atoms with Gasteiger partial charge in [0.1, 0.15) is 5.76 Å². The third-order valence-electron chi connectivity index (χ3n) is 4.16. The van der Waals surface area contributed by atoms with E-state index >= 15 is 0 Å². The highest BCUT2D eigenvalue weighted by atomic mass is 79.9. The first-order valence-electron chi connectivity index (χ1n) is 7.79. The molecule has 114 valence electrons. The van der Waals surface area contributed by atoms with Gasteiger partial charge in [-0.05, 0) is 53.5 Å². The largest absolute Gasteiger partial charge is 0.453 e. The van der Waals surface area contributed by atoms with E-state index in [1.165, 1.54) is 25.7 Å². The van der Waals surface area contributed by atoms with Crippen molar-refractivity contribution >= 4 is 15.9 Å². The molecule has 0 saturated heterocycles.